The summed E-state index contributed by atoms with van der Waals surface area (Å²) >= 11 is 0. The Hall–Kier alpha value is -2.12. The van der Waals surface area contributed by atoms with Crippen molar-refractivity contribution in [3.8, 4) is 0 Å². The zero-order chi connectivity index (χ0) is 17.8. The van der Waals surface area contributed by atoms with Crippen LogP contribution in [0.2, 0.25) is 0 Å². The van der Waals surface area contributed by atoms with Crippen LogP contribution in [-0.4, -0.2) is 58.1 Å². The van der Waals surface area contributed by atoms with Gasteiger partial charge in [0.05, 0.1) is 12.5 Å². The lowest BCUT2D eigenvalue weighted by Gasteiger charge is -2.34. The highest BCUT2D eigenvalue weighted by molar-refractivity contribution is 5.81. The maximum Gasteiger partial charge on any atom is 0.317 e. The molecule has 2 fully saturated rings. The van der Waals surface area contributed by atoms with Gasteiger partial charge in [-0.25, -0.2) is 4.79 Å². The largest absolute Gasteiger partial charge is 0.343 e. The third-order valence-electron chi connectivity index (χ3n) is 4.94. The van der Waals surface area contributed by atoms with Crippen molar-refractivity contribution in [2.45, 2.75) is 52.0 Å². The van der Waals surface area contributed by atoms with E-state index in [9.17, 15) is 9.59 Å². The summed E-state index contributed by atoms with van der Waals surface area (Å²) in [4.78, 5) is 32.8. The van der Waals surface area contributed by atoms with Crippen LogP contribution in [0.25, 0.3) is 0 Å². The van der Waals surface area contributed by atoms with E-state index in [1.807, 2.05) is 18.7 Å². The second-order valence-electron chi connectivity index (χ2n) is 6.78. The summed E-state index contributed by atoms with van der Waals surface area (Å²) in [5.41, 5.74) is 0. The number of rotatable bonds is 6. The molecule has 1 saturated carbocycles. The van der Waals surface area contributed by atoms with Crippen LogP contribution in [-0.2, 0) is 11.3 Å². The number of nitrogens with one attached hydrogen (secondary N) is 1. The van der Waals surface area contributed by atoms with Crippen LogP contribution in [0.15, 0.2) is 4.52 Å². The van der Waals surface area contributed by atoms with Crippen LogP contribution in [0.4, 0.5) is 4.79 Å². The maximum absolute atomic E-state index is 12.5. The van der Waals surface area contributed by atoms with Gasteiger partial charge in [0.15, 0.2) is 5.82 Å². The van der Waals surface area contributed by atoms with E-state index < -0.39 is 0 Å². The molecule has 1 unspecified atom stereocenters. The first-order valence-corrected chi connectivity index (χ1v) is 9.26. The molecule has 0 bridgehead atoms. The molecular weight excluding hydrogens is 322 g/mol. The fourth-order valence-corrected chi connectivity index (χ4v) is 3.26. The van der Waals surface area contributed by atoms with Crippen LogP contribution >= 0.6 is 0 Å². The number of carbonyl (C=O) groups is 2. The molecule has 2 heterocycles. The molecule has 1 aromatic heterocycles. The Morgan fingerprint density at radius 2 is 2.04 bits per heavy atom. The first-order chi connectivity index (χ1) is 12.1. The molecule has 8 heteroatoms. The lowest BCUT2D eigenvalue weighted by molar-refractivity contribution is -0.136. The Labute approximate surface area is 147 Å². The van der Waals surface area contributed by atoms with E-state index in [2.05, 4.69) is 15.5 Å². The van der Waals surface area contributed by atoms with Gasteiger partial charge in [-0.1, -0.05) is 5.16 Å². The van der Waals surface area contributed by atoms with E-state index in [1.54, 1.807) is 4.90 Å². The Kier molecular flexibility index (Phi) is 5.55. The average Bonchev–Trinajstić information content (AvgIpc) is 3.39. The summed E-state index contributed by atoms with van der Waals surface area (Å²) in [7, 11) is 0. The Bertz CT molecular complexity index is 609. The smallest absolute Gasteiger partial charge is 0.317 e. The number of hydrogen-bond donors (Lipinski definition) is 1. The Morgan fingerprint density at radius 3 is 2.72 bits per heavy atom. The van der Waals surface area contributed by atoms with Crippen molar-refractivity contribution < 1.29 is 14.1 Å². The van der Waals surface area contributed by atoms with E-state index in [0.29, 0.717) is 43.8 Å². The van der Waals surface area contributed by atoms with Crippen LogP contribution in [0.3, 0.4) is 0 Å². The Balaban J connectivity index is 1.49. The minimum Gasteiger partial charge on any atom is -0.343 e. The van der Waals surface area contributed by atoms with Gasteiger partial charge in [0.2, 0.25) is 11.8 Å². The fraction of sp³-hybridized carbons (Fsp3) is 0.765. The van der Waals surface area contributed by atoms with Gasteiger partial charge in [0, 0.05) is 32.1 Å². The summed E-state index contributed by atoms with van der Waals surface area (Å²) < 4.78 is 5.19. The quantitative estimate of drug-likeness (QED) is 0.844. The second kappa shape index (κ2) is 7.84. The van der Waals surface area contributed by atoms with Crippen molar-refractivity contribution >= 4 is 11.9 Å². The van der Waals surface area contributed by atoms with Gasteiger partial charge in [-0.3, -0.25) is 4.79 Å². The molecule has 0 spiro atoms. The monoisotopic (exact) mass is 349 g/mol. The standard InChI is InChI=1S/C17H27N5O3/c1-3-21(4-2)16(23)13-6-5-9-22(11-13)17(24)18-10-14-19-15(25-20-14)12-7-8-12/h12-13H,3-11H2,1-2H3,(H,18,24). The van der Waals surface area contributed by atoms with Crippen LogP contribution in [0.5, 0.6) is 0 Å². The van der Waals surface area contributed by atoms with Crippen LogP contribution < -0.4 is 5.32 Å². The molecule has 3 rings (SSSR count). The predicted octanol–water partition coefficient (Wildman–Crippen LogP) is 1.74. The van der Waals surface area contributed by atoms with Crippen LogP contribution in [0, 0.1) is 5.92 Å². The van der Waals surface area contributed by atoms with Gasteiger partial charge in [0.25, 0.3) is 0 Å². The van der Waals surface area contributed by atoms with Crippen LogP contribution in [0.1, 0.15) is 57.2 Å². The molecule has 1 aliphatic heterocycles. The number of urea groups is 1. The molecule has 1 aromatic rings. The first kappa shape index (κ1) is 17.7. The number of nitrogens with zero attached hydrogens (tertiary/aromatic N) is 4. The minimum atomic E-state index is -0.171. The molecule has 0 aromatic carbocycles. The Morgan fingerprint density at radius 1 is 1.28 bits per heavy atom. The zero-order valence-corrected chi connectivity index (χ0v) is 15.0. The molecule has 1 saturated heterocycles. The van der Waals surface area contributed by atoms with E-state index in [0.717, 1.165) is 25.7 Å². The van der Waals surface area contributed by atoms with Crippen molar-refractivity contribution in [1.29, 1.82) is 0 Å². The maximum atomic E-state index is 12.5. The van der Waals surface area contributed by atoms with Gasteiger partial charge in [-0.05, 0) is 39.5 Å². The number of piperidine rings is 1. The summed E-state index contributed by atoms with van der Waals surface area (Å²) in [5, 5.41) is 6.74. The lowest BCUT2D eigenvalue weighted by atomic mass is 9.96. The molecule has 2 aliphatic rings. The van der Waals surface area contributed by atoms with E-state index >= 15 is 0 Å². The zero-order valence-electron chi connectivity index (χ0n) is 15.0. The highest BCUT2D eigenvalue weighted by Crippen LogP contribution is 2.38. The minimum absolute atomic E-state index is 0.106. The third-order valence-corrected chi connectivity index (χ3v) is 4.94. The molecule has 25 heavy (non-hydrogen) atoms. The molecule has 1 aliphatic carbocycles. The van der Waals surface area contributed by atoms with E-state index in [4.69, 9.17) is 4.52 Å². The molecule has 1 atom stereocenters. The molecule has 8 nitrogen and oxygen atoms in total. The highest BCUT2D eigenvalue weighted by atomic mass is 16.5. The number of likely N-dealkylation sites (tertiary alicyclic amines) is 1. The van der Waals surface area contributed by atoms with Gasteiger partial charge < -0.3 is 19.6 Å². The molecule has 3 amide bonds. The molecular formula is C17H27N5O3. The SMILES string of the molecule is CCN(CC)C(=O)C1CCCN(C(=O)NCc2noc(C3CC3)n2)C1. The van der Waals surface area contributed by atoms with Crippen molar-refractivity contribution in [3.05, 3.63) is 11.7 Å². The number of aromatic nitrogens is 2. The van der Waals surface area contributed by atoms with Gasteiger partial charge in [-0.15, -0.1) is 0 Å². The predicted molar refractivity (Wildman–Crippen MR) is 90.7 cm³/mol. The fourth-order valence-electron chi connectivity index (χ4n) is 3.26. The van der Waals surface area contributed by atoms with Crippen molar-refractivity contribution in [2.24, 2.45) is 5.92 Å². The summed E-state index contributed by atoms with van der Waals surface area (Å²) in [5.74, 6) is 1.63. The molecule has 1 N–H and O–H groups in total. The molecule has 0 radical (unpaired) electrons. The second-order valence-corrected chi connectivity index (χ2v) is 6.78. The number of carbonyl (C=O) groups excluding carboxylic acids is 2. The molecule has 138 valence electrons. The van der Waals surface area contributed by atoms with Gasteiger partial charge >= 0.3 is 6.03 Å². The van der Waals surface area contributed by atoms with E-state index in [-0.39, 0.29) is 24.4 Å². The van der Waals surface area contributed by atoms with Gasteiger partial charge in [-0.2, -0.15) is 4.98 Å². The van der Waals surface area contributed by atoms with E-state index in [1.165, 1.54) is 0 Å². The number of amides is 3. The first-order valence-electron chi connectivity index (χ1n) is 9.26. The lowest BCUT2D eigenvalue weighted by Crippen LogP contribution is -2.49. The summed E-state index contributed by atoms with van der Waals surface area (Å²) in [6, 6.07) is -0.171. The summed E-state index contributed by atoms with van der Waals surface area (Å²) in [6.45, 7) is 6.78. The average molecular weight is 349 g/mol. The topological polar surface area (TPSA) is 91.6 Å². The third kappa shape index (κ3) is 4.29. The summed E-state index contributed by atoms with van der Waals surface area (Å²) in [6.07, 6.45) is 3.89. The normalized spacial score (nSPS) is 20.4. The van der Waals surface area contributed by atoms with Crippen molar-refractivity contribution in [2.75, 3.05) is 26.2 Å². The van der Waals surface area contributed by atoms with Crippen molar-refractivity contribution in [3.63, 3.8) is 0 Å². The van der Waals surface area contributed by atoms with Crippen molar-refractivity contribution in [1.82, 2.24) is 25.3 Å². The number of hydrogen-bond acceptors (Lipinski definition) is 5. The van der Waals surface area contributed by atoms with Gasteiger partial charge in [0.1, 0.15) is 0 Å². The highest BCUT2D eigenvalue weighted by Gasteiger charge is 2.31.